The molecule has 4 rings (SSSR count). The number of aromatic nitrogens is 4. The number of hydrogen-bond acceptors (Lipinski definition) is 4. The minimum absolute atomic E-state index is 0.140. The van der Waals surface area contributed by atoms with E-state index in [1.165, 1.54) is 4.57 Å². The topological polar surface area (TPSA) is 101 Å². The van der Waals surface area contributed by atoms with Crippen LogP contribution in [0, 0.1) is 0 Å². The molecule has 0 aliphatic rings. The first-order valence-electron chi connectivity index (χ1n) is 9.03. The molecule has 4 aromatic rings. The number of pyridine rings is 1. The lowest BCUT2D eigenvalue weighted by Gasteiger charge is -2.09. The van der Waals surface area contributed by atoms with Crippen molar-refractivity contribution in [2.45, 2.75) is 19.4 Å². The van der Waals surface area contributed by atoms with Crippen LogP contribution in [0.15, 0.2) is 64.4 Å². The van der Waals surface area contributed by atoms with Crippen molar-refractivity contribution >= 4 is 22.5 Å². The monoisotopic (exact) mass is 377 g/mol. The van der Waals surface area contributed by atoms with Crippen LogP contribution in [0.5, 0.6) is 0 Å². The maximum Gasteiger partial charge on any atom is 0.328 e. The summed E-state index contributed by atoms with van der Waals surface area (Å²) in [6.45, 7) is 0.653. The average molecular weight is 377 g/mol. The summed E-state index contributed by atoms with van der Waals surface area (Å²) < 4.78 is 3.35. The van der Waals surface area contributed by atoms with E-state index >= 15 is 0 Å². The molecule has 8 nitrogen and oxygen atoms in total. The summed E-state index contributed by atoms with van der Waals surface area (Å²) in [5, 5.41) is 3.27. The highest BCUT2D eigenvalue weighted by Gasteiger charge is 2.09. The number of carbonyl (C=O) groups is 1. The molecule has 8 heteroatoms. The molecule has 1 aromatic carbocycles. The maximum atomic E-state index is 12.2. The van der Waals surface area contributed by atoms with E-state index in [0.717, 1.165) is 11.3 Å². The van der Waals surface area contributed by atoms with Gasteiger partial charge in [-0.2, -0.15) is 0 Å². The summed E-state index contributed by atoms with van der Waals surface area (Å²) in [6, 6.07) is 12.6. The number of aromatic amines is 1. The molecule has 3 aromatic heterocycles. The highest BCUT2D eigenvalue weighted by molar-refractivity contribution is 5.78. The van der Waals surface area contributed by atoms with Gasteiger partial charge in [0.1, 0.15) is 5.65 Å². The van der Waals surface area contributed by atoms with Gasteiger partial charge in [-0.15, -0.1) is 0 Å². The van der Waals surface area contributed by atoms with Gasteiger partial charge in [-0.1, -0.05) is 18.2 Å². The molecular formula is C20H19N5O3. The van der Waals surface area contributed by atoms with Gasteiger partial charge in [-0.3, -0.25) is 19.1 Å². The second-order valence-electron chi connectivity index (χ2n) is 6.48. The molecule has 1 amide bonds. The number of nitrogens with one attached hydrogen (secondary N) is 2. The molecule has 142 valence electrons. The van der Waals surface area contributed by atoms with Gasteiger partial charge < -0.3 is 9.72 Å². The average Bonchev–Trinajstić information content (AvgIpc) is 3.10. The Kier molecular flexibility index (Phi) is 4.76. The second-order valence-corrected chi connectivity index (χ2v) is 6.48. The van der Waals surface area contributed by atoms with Crippen molar-refractivity contribution in [3.8, 4) is 0 Å². The molecule has 0 spiro atoms. The van der Waals surface area contributed by atoms with E-state index in [2.05, 4.69) is 15.3 Å². The normalized spacial score (nSPS) is 11.1. The Morgan fingerprint density at radius 1 is 1.11 bits per heavy atom. The zero-order valence-electron chi connectivity index (χ0n) is 15.1. The number of carbonyl (C=O) groups excluding carboxylic acids is 1. The van der Waals surface area contributed by atoms with Crippen LogP contribution in [0.4, 0.5) is 0 Å². The van der Waals surface area contributed by atoms with Gasteiger partial charge in [0, 0.05) is 38.3 Å². The summed E-state index contributed by atoms with van der Waals surface area (Å²) in [6.07, 6.45) is 4.63. The van der Waals surface area contributed by atoms with E-state index in [1.54, 1.807) is 24.3 Å². The van der Waals surface area contributed by atoms with Gasteiger partial charge in [0.05, 0.1) is 16.6 Å². The lowest BCUT2D eigenvalue weighted by Crippen LogP contribution is -2.33. The van der Waals surface area contributed by atoms with Crippen LogP contribution in [0.2, 0.25) is 0 Å². The van der Waals surface area contributed by atoms with E-state index in [-0.39, 0.29) is 18.9 Å². The van der Waals surface area contributed by atoms with Gasteiger partial charge in [0.25, 0.3) is 5.56 Å². The first-order valence-corrected chi connectivity index (χ1v) is 9.03. The van der Waals surface area contributed by atoms with Crippen molar-refractivity contribution < 1.29 is 4.79 Å². The van der Waals surface area contributed by atoms with E-state index in [9.17, 15) is 14.4 Å². The van der Waals surface area contributed by atoms with Gasteiger partial charge >= 0.3 is 5.69 Å². The van der Waals surface area contributed by atoms with Crippen molar-refractivity contribution in [2.24, 2.45) is 0 Å². The Morgan fingerprint density at radius 2 is 1.93 bits per heavy atom. The molecule has 0 aliphatic heterocycles. The van der Waals surface area contributed by atoms with Crippen molar-refractivity contribution in [3.05, 3.63) is 81.4 Å². The molecular weight excluding hydrogens is 358 g/mol. The number of rotatable bonds is 6. The molecule has 0 fully saturated rings. The molecule has 2 N–H and O–H groups in total. The molecule has 0 bridgehead atoms. The zero-order chi connectivity index (χ0) is 19.5. The van der Waals surface area contributed by atoms with Crippen LogP contribution < -0.4 is 16.6 Å². The highest BCUT2D eigenvalue weighted by atomic mass is 16.2. The minimum Gasteiger partial charge on any atom is -0.356 e. The van der Waals surface area contributed by atoms with Gasteiger partial charge in [-0.25, -0.2) is 9.78 Å². The van der Waals surface area contributed by atoms with Gasteiger partial charge in [0.2, 0.25) is 5.91 Å². The largest absolute Gasteiger partial charge is 0.356 e. The quantitative estimate of drug-likeness (QED) is 0.525. The lowest BCUT2D eigenvalue weighted by molar-refractivity contribution is -0.121. The number of imidazole rings is 1. The Labute approximate surface area is 159 Å². The van der Waals surface area contributed by atoms with Gasteiger partial charge in [0.15, 0.2) is 0 Å². The summed E-state index contributed by atoms with van der Waals surface area (Å²) in [7, 11) is 0. The number of para-hydroxylation sites is 1. The van der Waals surface area contributed by atoms with Crippen molar-refractivity contribution in [1.82, 2.24) is 24.3 Å². The van der Waals surface area contributed by atoms with Crippen LogP contribution >= 0.6 is 0 Å². The summed E-state index contributed by atoms with van der Waals surface area (Å²) >= 11 is 0. The Morgan fingerprint density at radius 3 is 2.79 bits per heavy atom. The number of amides is 1. The third-order valence-corrected chi connectivity index (χ3v) is 4.58. The smallest absolute Gasteiger partial charge is 0.328 e. The molecule has 3 heterocycles. The zero-order valence-corrected chi connectivity index (χ0v) is 15.1. The highest BCUT2D eigenvalue weighted by Crippen LogP contribution is 2.07. The fourth-order valence-electron chi connectivity index (χ4n) is 3.20. The summed E-state index contributed by atoms with van der Waals surface area (Å²) in [4.78, 5) is 42.9. The molecule has 0 radical (unpaired) electrons. The Balaban J connectivity index is 1.36. The fraction of sp³-hybridized carbons (Fsp3) is 0.200. The number of hydrogen-bond donors (Lipinski definition) is 2. The molecule has 0 unspecified atom stereocenters. The van der Waals surface area contributed by atoms with Crippen LogP contribution in [0.1, 0.15) is 12.1 Å². The second kappa shape index (κ2) is 7.51. The maximum absolute atomic E-state index is 12.2. The van der Waals surface area contributed by atoms with Crippen molar-refractivity contribution in [1.29, 1.82) is 0 Å². The third kappa shape index (κ3) is 3.57. The number of benzene rings is 1. The van der Waals surface area contributed by atoms with E-state index < -0.39 is 11.2 Å². The van der Waals surface area contributed by atoms with Crippen molar-refractivity contribution in [3.63, 3.8) is 0 Å². The van der Waals surface area contributed by atoms with Crippen LogP contribution in [0.3, 0.4) is 0 Å². The first kappa shape index (κ1) is 17.7. The minimum atomic E-state index is -0.513. The van der Waals surface area contributed by atoms with Crippen LogP contribution in [-0.4, -0.2) is 31.4 Å². The molecule has 0 saturated carbocycles. The Bertz CT molecular complexity index is 1240. The fourth-order valence-corrected chi connectivity index (χ4v) is 3.20. The number of aryl methyl sites for hydroxylation is 1. The number of fused-ring (bicyclic) bond motifs is 2. The Hall–Kier alpha value is -3.68. The standard InChI is InChI=1S/C20H19N5O3/c26-18(21-10-8-14-13-24-11-4-3-7-17(24)22-14)9-12-25-16-6-2-1-5-15(16)19(27)23-20(25)28/h1-7,11,13H,8-10,12H2,(H,21,26)(H,23,27,28). The molecule has 0 saturated heterocycles. The lowest BCUT2D eigenvalue weighted by atomic mass is 10.2. The predicted octanol–water partition coefficient (Wildman–Crippen LogP) is 1.09. The molecule has 0 aliphatic carbocycles. The van der Waals surface area contributed by atoms with E-state index in [4.69, 9.17) is 0 Å². The number of nitrogens with zero attached hydrogens (tertiary/aromatic N) is 3. The number of H-pyrrole nitrogens is 1. The summed E-state index contributed by atoms with van der Waals surface area (Å²) in [5.74, 6) is -0.161. The molecule has 0 atom stereocenters. The van der Waals surface area contributed by atoms with Crippen LogP contribution in [0.25, 0.3) is 16.6 Å². The SMILES string of the molecule is O=C(CCn1c(=O)[nH]c(=O)c2ccccc21)NCCc1cn2ccccc2n1. The van der Waals surface area contributed by atoms with E-state index in [1.807, 2.05) is 35.0 Å². The van der Waals surface area contributed by atoms with E-state index in [0.29, 0.717) is 23.9 Å². The predicted molar refractivity (Wildman–Crippen MR) is 105 cm³/mol. The summed E-state index contributed by atoms with van der Waals surface area (Å²) in [5.41, 5.74) is 1.35. The first-order chi connectivity index (χ1) is 13.6. The molecule has 28 heavy (non-hydrogen) atoms. The van der Waals surface area contributed by atoms with Crippen LogP contribution in [-0.2, 0) is 17.8 Å². The van der Waals surface area contributed by atoms with Crippen molar-refractivity contribution in [2.75, 3.05) is 6.54 Å². The third-order valence-electron chi connectivity index (χ3n) is 4.58. The van der Waals surface area contributed by atoms with Gasteiger partial charge in [-0.05, 0) is 24.3 Å².